The molecule has 0 aliphatic carbocycles. The van der Waals surface area contributed by atoms with Gasteiger partial charge in [0.1, 0.15) is 5.75 Å². The molecule has 2 N–H and O–H groups in total. The van der Waals surface area contributed by atoms with Gasteiger partial charge in [-0.25, -0.2) is 4.79 Å². The Bertz CT molecular complexity index is 362. The Labute approximate surface area is 81.5 Å². The van der Waals surface area contributed by atoms with Crippen molar-refractivity contribution in [2.24, 2.45) is 0 Å². The summed E-state index contributed by atoms with van der Waals surface area (Å²) in [5, 5.41) is 10.8. The highest BCUT2D eigenvalue weighted by Gasteiger charge is 2.10. The third-order valence-electron chi connectivity index (χ3n) is 2.17. The number of ether oxygens (including phenoxy) is 1. The van der Waals surface area contributed by atoms with Crippen molar-refractivity contribution in [2.75, 3.05) is 11.9 Å². The molecule has 1 aliphatic rings. The summed E-state index contributed by atoms with van der Waals surface area (Å²) in [4.78, 5) is 10.4. The molecule has 0 aromatic heterocycles. The van der Waals surface area contributed by atoms with Crippen molar-refractivity contribution >= 4 is 11.8 Å². The quantitative estimate of drug-likeness (QED) is 0.718. The van der Waals surface area contributed by atoms with Crippen molar-refractivity contribution in [3.8, 4) is 5.75 Å². The average Bonchev–Trinajstić information content (AvgIpc) is 2.17. The summed E-state index contributed by atoms with van der Waals surface area (Å²) in [6.07, 6.45) is 0.974. The summed E-state index contributed by atoms with van der Waals surface area (Å²) >= 11 is 0. The summed E-state index contributed by atoms with van der Waals surface area (Å²) in [5.41, 5.74) is 1.70. The number of benzene rings is 1. The van der Waals surface area contributed by atoms with Crippen LogP contribution in [0.3, 0.4) is 0 Å². The van der Waals surface area contributed by atoms with Crippen LogP contribution in [-0.2, 0) is 6.42 Å². The van der Waals surface area contributed by atoms with Crippen LogP contribution in [0.25, 0.3) is 0 Å². The Morgan fingerprint density at radius 1 is 1.50 bits per heavy atom. The summed E-state index contributed by atoms with van der Waals surface area (Å²) in [6, 6.07) is 5.38. The topological polar surface area (TPSA) is 58.6 Å². The number of amides is 1. The summed E-state index contributed by atoms with van der Waals surface area (Å²) < 4.78 is 5.41. The first-order valence-corrected chi connectivity index (χ1v) is 4.51. The first kappa shape index (κ1) is 8.87. The Kier molecular flexibility index (Phi) is 2.26. The van der Waals surface area contributed by atoms with Crippen molar-refractivity contribution in [3.63, 3.8) is 0 Å². The number of fused-ring (bicyclic) bond motifs is 1. The van der Waals surface area contributed by atoms with E-state index in [1.807, 2.05) is 6.07 Å². The van der Waals surface area contributed by atoms with Gasteiger partial charge in [-0.15, -0.1) is 0 Å². The number of nitrogens with one attached hydrogen (secondary N) is 1. The Balaban J connectivity index is 2.24. The van der Waals surface area contributed by atoms with E-state index in [0.717, 1.165) is 24.2 Å². The zero-order chi connectivity index (χ0) is 9.97. The Morgan fingerprint density at radius 3 is 3.14 bits per heavy atom. The molecule has 1 aromatic rings. The molecule has 2 rings (SSSR count). The van der Waals surface area contributed by atoms with Crippen LogP contribution in [0.1, 0.15) is 12.0 Å². The van der Waals surface area contributed by atoms with Crippen molar-refractivity contribution in [1.82, 2.24) is 0 Å². The summed E-state index contributed by atoms with van der Waals surface area (Å²) in [7, 11) is 0. The minimum Gasteiger partial charge on any atom is -0.493 e. The van der Waals surface area contributed by atoms with E-state index in [9.17, 15) is 4.79 Å². The standard InChI is InChI=1S/C10H11NO3/c12-10(13)11-8-4-3-7-2-1-5-14-9(7)6-8/h3-4,6,11H,1-2,5H2,(H,12,13). The number of carboxylic acid groups (broad SMARTS) is 1. The maximum atomic E-state index is 10.4. The predicted molar refractivity (Wildman–Crippen MR) is 51.9 cm³/mol. The van der Waals surface area contributed by atoms with Gasteiger partial charge in [0.25, 0.3) is 0 Å². The van der Waals surface area contributed by atoms with Crippen molar-refractivity contribution < 1.29 is 14.6 Å². The second-order valence-corrected chi connectivity index (χ2v) is 3.20. The van der Waals surface area contributed by atoms with Gasteiger partial charge >= 0.3 is 6.09 Å². The van der Waals surface area contributed by atoms with Gasteiger partial charge in [0.05, 0.1) is 6.61 Å². The molecule has 0 atom stereocenters. The van der Waals surface area contributed by atoms with Gasteiger partial charge in [-0.3, -0.25) is 5.32 Å². The van der Waals surface area contributed by atoms with Crippen molar-refractivity contribution in [2.45, 2.75) is 12.8 Å². The monoisotopic (exact) mass is 193 g/mol. The smallest absolute Gasteiger partial charge is 0.409 e. The number of hydrogen-bond donors (Lipinski definition) is 2. The fourth-order valence-corrected chi connectivity index (χ4v) is 1.54. The molecule has 0 bridgehead atoms. The van der Waals surface area contributed by atoms with Gasteiger partial charge in [-0.05, 0) is 24.5 Å². The van der Waals surface area contributed by atoms with Gasteiger partial charge in [-0.1, -0.05) is 6.07 Å². The average molecular weight is 193 g/mol. The van der Waals surface area contributed by atoms with Crippen molar-refractivity contribution in [1.29, 1.82) is 0 Å². The molecule has 0 fully saturated rings. The highest BCUT2D eigenvalue weighted by molar-refractivity contribution is 5.83. The first-order chi connectivity index (χ1) is 6.75. The first-order valence-electron chi connectivity index (χ1n) is 4.51. The number of carbonyl (C=O) groups is 1. The molecular formula is C10H11NO3. The van der Waals surface area contributed by atoms with E-state index in [4.69, 9.17) is 9.84 Å². The fraction of sp³-hybridized carbons (Fsp3) is 0.300. The lowest BCUT2D eigenvalue weighted by atomic mass is 10.1. The number of rotatable bonds is 1. The molecule has 1 aliphatic heterocycles. The molecule has 14 heavy (non-hydrogen) atoms. The van der Waals surface area contributed by atoms with Gasteiger partial charge in [0.15, 0.2) is 0 Å². The van der Waals surface area contributed by atoms with E-state index in [-0.39, 0.29) is 0 Å². The van der Waals surface area contributed by atoms with E-state index in [2.05, 4.69) is 5.32 Å². The molecule has 0 saturated carbocycles. The third-order valence-corrected chi connectivity index (χ3v) is 2.17. The van der Waals surface area contributed by atoms with Crippen LogP contribution < -0.4 is 10.1 Å². The van der Waals surface area contributed by atoms with Crippen LogP contribution in [0.15, 0.2) is 18.2 Å². The van der Waals surface area contributed by atoms with Crippen LogP contribution in [0, 0.1) is 0 Å². The maximum Gasteiger partial charge on any atom is 0.409 e. The molecule has 1 heterocycles. The molecule has 0 unspecified atom stereocenters. The normalized spacial score (nSPS) is 14.0. The van der Waals surface area contributed by atoms with Gasteiger partial charge in [0.2, 0.25) is 0 Å². The molecule has 1 aromatic carbocycles. The Morgan fingerprint density at radius 2 is 2.36 bits per heavy atom. The molecule has 0 radical (unpaired) electrons. The Hall–Kier alpha value is -1.71. The van der Waals surface area contributed by atoms with Crippen LogP contribution in [0.5, 0.6) is 5.75 Å². The van der Waals surface area contributed by atoms with Gasteiger partial charge in [0, 0.05) is 11.8 Å². The molecule has 74 valence electrons. The van der Waals surface area contributed by atoms with Gasteiger partial charge in [-0.2, -0.15) is 0 Å². The van der Waals surface area contributed by atoms with E-state index in [1.54, 1.807) is 12.1 Å². The molecule has 4 heteroatoms. The summed E-state index contributed by atoms with van der Waals surface area (Å²) in [5.74, 6) is 0.794. The number of hydrogen-bond acceptors (Lipinski definition) is 2. The van der Waals surface area contributed by atoms with Gasteiger partial charge < -0.3 is 9.84 Å². The highest BCUT2D eigenvalue weighted by Crippen LogP contribution is 2.27. The largest absolute Gasteiger partial charge is 0.493 e. The summed E-state index contributed by atoms with van der Waals surface area (Å²) in [6.45, 7) is 0.712. The van der Waals surface area contributed by atoms with Crippen molar-refractivity contribution in [3.05, 3.63) is 23.8 Å². The molecule has 0 spiro atoms. The van der Waals surface area contributed by atoms with Crippen LogP contribution in [-0.4, -0.2) is 17.8 Å². The fourth-order valence-electron chi connectivity index (χ4n) is 1.54. The van der Waals surface area contributed by atoms with E-state index >= 15 is 0 Å². The minimum atomic E-state index is -1.05. The lowest BCUT2D eigenvalue weighted by Gasteiger charge is -2.17. The maximum absolute atomic E-state index is 10.4. The highest BCUT2D eigenvalue weighted by atomic mass is 16.5. The lowest BCUT2D eigenvalue weighted by Crippen LogP contribution is -2.11. The predicted octanol–water partition coefficient (Wildman–Crippen LogP) is 2.10. The van der Waals surface area contributed by atoms with Crippen LogP contribution >= 0.6 is 0 Å². The lowest BCUT2D eigenvalue weighted by molar-refractivity contribution is 0.209. The van der Waals surface area contributed by atoms with Crippen LogP contribution in [0.2, 0.25) is 0 Å². The zero-order valence-electron chi connectivity index (χ0n) is 7.62. The number of anilines is 1. The second kappa shape index (κ2) is 3.57. The SMILES string of the molecule is O=C(O)Nc1ccc2c(c1)OCCC2. The van der Waals surface area contributed by atoms with E-state index in [0.29, 0.717) is 12.3 Å². The zero-order valence-corrected chi connectivity index (χ0v) is 7.62. The molecular weight excluding hydrogens is 182 g/mol. The minimum absolute atomic E-state index is 0.554. The van der Waals surface area contributed by atoms with E-state index in [1.165, 1.54) is 0 Å². The number of aryl methyl sites for hydroxylation is 1. The third kappa shape index (κ3) is 1.79. The molecule has 0 saturated heterocycles. The second-order valence-electron chi connectivity index (χ2n) is 3.20. The molecule has 1 amide bonds. The van der Waals surface area contributed by atoms with E-state index < -0.39 is 6.09 Å². The molecule has 4 nitrogen and oxygen atoms in total. The van der Waals surface area contributed by atoms with Crippen LogP contribution in [0.4, 0.5) is 10.5 Å².